The molecule has 0 aliphatic carbocycles. The fourth-order valence-corrected chi connectivity index (χ4v) is 3.78. The van der Waals surface area contributed by atoms with Gasteiger partial charge in [-0.1, -0.05) is 48.5 Å². The van der Waals surface area contributed by atoms with E-state index in [9.17, 15) is 14.7 Å². The molecule has 0 atom stereocenters. The highest BCUT2D eigenvalue weighted by Crippen LogP contribution is 2.38. The van der Waals surface area contributed by atoms with Gasteiger partial charge in [0.25, 0.3) is 0 Å². The van der Waals surface area contributed by atoms with E-state index in [-0.39, 0.29) is 18.7 Å². The first-order valence-corrected chi connectivity index (χ1v) is 11.2. The lowest BCUT2D eigenvalue weighted by molar-refractivity contribution is 0.00578. The molecular weight excluding hydrogens is 433 g/mol. The second kappa shape index (κ2) is 10.0. The molecule has 0 unspecified atom stereocenters. The van der Waals surface area contributed by atoms with Crippen LogP contribution in [0.4, 0.5) is 4.79 Å². The van der Waals surface area contributed by atoms with Crippen LogP contribution in [0.25, 0.3) is 6.08 Å². The Hall–Kier alpha value is -3.10. The summed E-state index contributed by atoms with van der Waals surface area (Å²) in [5, 5.41) is 12.2. The molecule has 1 aliphatic rings. The number of ether oxygens (including phenoxy) is 1. The van der Waals surface area contributed by atoms with Crippen LogP contribution in [0, 0.1) is 13.8 Å². The quantitative estimate of drug-likeness (QED) is 0.563. The molecule has 7 nitrogen and oxygen atoms in total. The van der Waals surface area contributed by atoms with E-state index in [1.807, 2.05) is 64.1 Å². The highest BCUT2D eigenvalue weighted by Gasteiger charge is 2.52. The number of hydrogen-bond donors (Lipinski definition) is 2. The molecule has 2 aromatic carbocycles. The summed E-state index contributed by atoms with van der Waals surface area (Å²) in [6.45, 7) is 11.7. The molecule has 0 aromatic heterocycles. The predicted octanol–water partition coefficient (Wildman–Crippen LogP) is 4.94. The van der Waals surface area contributed by atoms with Crippen LogP contribution in [0.1, 0.15) is 60.3 Å². The van der Waals surface area contributed by atoms with Crippen LogP contribution in [0.5, 0.6) is 0 Å². The smallest absolute Gasteiger partial charge is 0.478 e. The number of amides is 1. The molecule has 8 heteroatoms. The lowest BCUT2D eigenvalue weighted by atomic mass is 9.76. The van der Waals surface area contributed by atoms with Crippen molar-refractivity contribution in [2.45, 2.75) is 59.4 Å². The maximum Gasteiger partial charge on any atom is 0.492 e. The van der Waals surface area contributed by atoms with E-state index in [1.165, 1.54) is 0 Å². The largest absolute Gasteiger partial charge is 0.492 e. The van der Waals surface area contributed by atoms with Crippen LogP contribution in [0.2, 0.25) is 0 Å². The lowest BCUT2D eigenvalue weighted by Gasteiger charge is -2.32. The van der Waals surface area contributed by atoms with Crippen molar-refractivity contribution in [3.8, 4) is 0 Å². The summed E-state index contributed by atoms with van der Waals surface area (Å²) in [4.78, 5) is 23.9. The van der Waals surface area contributed by atoms with E-state index in [4.69, 9.17) is 14.0 Å². The summed E-state index contributed by atoms with van der Waals surface area (Å²) in [7, 11) is -0.681. The number of benzene rings is 2. The standard InChI is InChI=1S/C26H32BNO6/c1-17-12-20(13-18(2)22(17)23(29)30)14-21(27-33-25(3,4)26(5,6)34-27)15-28-24(31)32-16-19-10-8-7-9-11-19/h7-14H,15-16H2,1-6H3,(H,28,31)(H,29,30). The number of carbonyl (C=O) groups is 2. The van der Waals surface area contributed by atoms with Crippen molar-refractivity contribution < 1.29 is 28.7 Å². The highest BCUT2D eigenvalue weighted by molar-refractivity contribution is 6.56. The van der Waals surface area contributed by atoms with E-state index in [0.29, 0.717) is 16.6 Å². The van der Waals surface area contributed by atoms with Gasteiger partial charge in [-0.15, -0.1) is 0 Å². The van der Waals surface area contributed by atoms with Crippen LogP contribution >= 0.6 is 0 Å². The molecule has 2 aromatic rings. The molecule has 34 heavy (non-hydrogen) atoms. The lowest BCUT2D eigenvalue weighted by Crippen LogP contribution is -2.41. The van der Waals surface area contributed by atoms with Crippen LogP contribution in [-0.4, -0.2) is 42.0 Å². The molecule has 0 bridgehead atoms. The molecule has 3 rings (SSSR count). The molecule has 1 fully saturated rings. The van der Waals surface area contributed by atoms with Crippen molar-refractivity contribution >= 4 is 25.3 Å². The average molecular weight is 465 g/mol. The summed E-state index contributed by atoms with van der Waals surface area (Å²) in [6, 6.07) is 13.0. The van der Waals surface area contributed by atoms with Crippen LogP contribution in [0.15, 0.2) is 47.9 Å². The Morgan fingerprint density at radius 2 is 1.59 bits per heavy atom. The first-order valence-electron chi connectivity index (χ1n) is 11.2. The highest BCUT2D eigenvalue weighted by atomic mass is 16.7. The summed E-state index contributed by atoms with van der Waals surface area (Å²) < 4.78 is 17.7. The van der Waals surface area contributed by atoms with Crippen molar-refractivity contribution in [1.29, 1.82) is 0 Å². The SMILES string of the molecule is Cc1cc(C=C(CNC(=O)OCc2ccccc2)B2OC(C)(C)C(C)(C)O2)cc(C)c1C(=O)O. The summed E-state index contributed by atoms with van der Waals surface area (Å²) in [6.07, 6.45) is 1.31. The Kier molecular flexibility index (Phi) is 7.53. The molecule has 1 aliphatic heterocycles. The van der Waals surface area contributed by atoms with Gasteiger partial charge in [-0.25, -0.2) is 9.59 Å². The van der Waals surface area contributed by atoms with E-state index in [1.54, 1.807) is 26.0 Å². The zero-order valence-corrected chi connectivity index (χ0v) is 20.6. The summed E-state index contributed by atoms with van der Waals surface area (Å²) in [5.41, 5.74) is 2.87. The number of carboxylic acid groups (broad SMARTS) is 1. The minimum absolute atomic E-state index is 0.142. The molecule has 1 amide bonds. The molecule has 1 saturated heterocycles. The van der Waals surface area contributed by atoms with Gasteiger partial charge >= 0.3 is 19.2 Å². The third-order valence-electron chi connectivity index (χ3n) is 6.33. The number of rotatable bonds is 7. The van der Waals surface area contributed by atoms with E-state index in [0.717, 1.165) is 11.1 Å². The molecule has 0 radical (unpaired) electrons. The zero-order chi connectivity index (χ0) is 25.1. The number of hydrogen-bond acceptors (Lipinski definition) is 5. The van der Waals surface area contributed by atoms with Crippen LogP contribution < -0.4 is 5.32 Å². The molecule has 0 spiro atoms. The van der Waals surface area contributed by atoms with Crippen molar-refractivity contribution in [3.63, 3.8) is 0 Å². The van der Waals surface area contributed by atoms with Gasteiger partial charge in [0, 0.05) is 6.54 Å². The van der Waals surface area contributed by atoms with Gasteiger partial charge < -0.3 is 24.5 Å². The maximum absolute atomic E-state index is 12.4. The number of carboxylic acids is 1. The van der Waals surface area contributed by atoms with Crippen LogP contribution in [0.3, 0.4) is 0 Å². The van der Waals surface area contributed by atoms with Gasteiger partial charge in [0.05, 0.1) is 16.8 Å². The second-order valence-corrected chi connectivity index (χ2v) is 9.56. The number of aryl methyl sites for hydroxylation is 2. The van der Waals surface area contributed by atoms with Gasteiger partial charge in [-0.2, -0.15) is 0 Å². The van der Waals surface area contributed by atoms with Crippen molar-refractivity contribution in [2.24, 2.45) is 0 Å². The summed E-state index contributed by atoms with van der Waals surface area (Å²) >= 11 is 0. The van der Waals surface area contributed by atoms with Gasteiger partial charge in [0.15, 0.2) is 0 Å². The van der Waals surface area contributed by atoms with Gasteiger partial charge in [0.2, 0.25) is 0 Å². The summed E-state index contributed by atoms with van der Waals surface area (Å²) in [5.74, 6) is -0.959. The fraction of sp³-hybridized carbons (Fsp3) is 0.385. The van der Waals surface area contributed by atoms with E-state index in [2.05, 4.69) is 5.32 Å². The fourth-order valence-electron chi connectivity index (χ4n) is 3.78. The molecule has 180 valence electrons. The molecule has 2 N–H and O–H groups in total. The van der Waals surface area contributed by atoms with Crippen molar-refractivity contribution in [1.82, 2.24) is 5.32 Å². The topological polar surface area (TPSA) is 94.1 Å². The van der Waals surface area contributed by atoms with Gasteiger partial charge in [-0.05, 0) is 69.3 Å². The second-order valence-electron chi connectivity index (χ2n) is 9.56. The number of carbonyl (C=O) groups excluding carboxylic acids is 1. The third kappa shape index (κ3) is 5.87. The average Bonchev–Trinajstić information content (AvgIpc) is 2.96. The first kappa shape index (κ1) is 25.5. The van der Waals surface area contributed by atoms with Crippen molar-refractivity contribution in [2.75, 3.05) is 6.54 Å². The number of nitrogens with one attached hydrogen (secondary N) is 1. The minimum atomic E-state index is -0.959. The van der Waals surface area contributed by atoms with Crippen LogP contribution in [-0.2, 0) is 20.7 Å². The minimum Gasteiger partial charge on any atom is -0.478 e. The molecular formula is C26H32BNO6. The normalized spacial score (nSPS) is 16.9. The Morgan fingerprint density at radius 1 is 1.03 bits per heavy atom. The first-order chi connectivity index (χ1) is 15.9. The third-order valence-corrected chi connectivity index (χ3v) is 6.33. The van der Waals surface area contributed by atoms with Gasteiger partial charge in [-0.3, -0.25) is 0 Å². The predicted molar refractivity (Wildman–Crippen MR) is 132 cm³/mol. The Labute approximate surface area is 201 Å². The molecule has 0 saturated carbocycles. The van der Waals surface area contributed by atoms with Gasteiger partial charge in [0.1, 0.15) is 6.61 Å². The van der Waals surface area contributed by atoms with Crippen molar-refractivity contribution in [3.05, 3.63) is 75.8 Å². The Balaban J connectivity index is 1.82. The monoisotopic (exact) mass is 465 g/mol. The van der Waals surface area contributed by atoms with E-state index >= 15 is 0 Å². The molecule has 1 heterocycles. The van der Waals surface area contributed by atoms with E-state index < -0.39 is 30.4 Å². The Morgan fingerprint density at radius 3 is 2.12 bits per heavy atom. The number of aromatic carboxylic acids is 1. The zero-order valence-electron chi connectivity index (χ0n) is 20.6. The Bertz CT molecular complexity index is 1050. The maximum atomic E-state index is 12.4. The number of alkyl carbamates (subject to hydrolysis) is 1.